The van der Waals surface area contributed by atoms with Crippen LogP contribution in [0.5, 0.6) is 0 Å². The van der Waals surface area contributed by atoms with Crippen LogP contribution >= 0.6 is 0 Å². The summed E-state index contributed by atoms with van der Waals surface area (Å²) in [5, 5.41) is 0. The molecule has 0 atom stereocenters. The van der Waals surface area contributed by atoms with Crippen LogP contribution in [0.25, 0.3) is 5.57 Å². The predicted octanol–water partition coefficient (Wildman–Crippen LogP) is 4.63. The number of rotatable bonds is 2. The van der Waals surface area contributed by atoms with E-state index in [1.165, 1.54) is 39.5 Å². The second kappa shape index (κ2) is 5.22. The third kappa shape index (κ3) is 2.43. The third-order valence-corrected chi connectivity index (χ3v) is 5.32. The summed E-state index contributed by atoms with van der Waals surface area (Å²) >= 11 is 0. The van der Waals surface area contributed by atoms with Gasteiger partial charge in [0, 0.05) is 24.3 Å². The molecule has 0 aliphatic carbocycles. The van der Waals surface area contributed by atoms with Crippen molar-refractivity contribution in [3.63, 3.8) is 0 Å². The van der Waals surface area contributed by atoms with Crippen molar-refractivity contribution in [3.8, 4) is 0 Å². The Morgan fingerprint density at radius 2 is 1.75 bits per heavy atom. The molecule has 4 heteroatoms. The quantitative estimate of drug-likeness (QED) is 0.724. The first kappa shape index (κ1) is 17.3. The number of hydrogen-bond acceptors (Lipinski definition) is 1. The molecule has 3 rings (SSSR count). The van der Waals surface area contributed by atoms with Gasteiger partial charge >= 0.3 is 6.42 Å². The van der Waals surface area contributed by atoms with Crippen LogP contribution in [-0.4, -0.2) is 33.3 Å². The van der Waals surface area contributed by atoms with Crippen molar-refractivity contribution in [1.29, 1.82) is 0 Å². The van der Waals surface area contributed by atoms with Gasteiger partial charge < -0.3 is 13.7 Å². The topological polar surface area (TPSA) is 17.2 Å². The van der Waals surface area contributed by atoms with Gasteiger partial charge in [-0.15, -0.1) is 13.6 Å². The molecule has 3 nitrogen and oxygen atoms in total. The molecule has 0 saturated heterocycles. The van der Waals surface area contributed by atoms with Crippen molar-refractivity contribution in [2.45, 2.75) is 67.7 Å². The van der Waals surface area contributed by atoms with Crippen LogP contribution in [0.2, 0.25) is 13.6 Å². The van der Waals surface area contributed by atoms with Gasteiger partial charge in [-0.1, -0.05) is 0 Å². The van der Waals surface area contributed by atoms with Gasteiger partial charge in [-0.25, -0.2) is 0 Å². The number of allylic oxidation sites excluding steroid dienone is 2. The number of ether oxygens (including phenoxy) is 1. The summed E-state index contributed by atoms with van der Waals surface area (Å²) in [5.74, 6) is 0. The number of aromatic nitrogens is 1. The Bertz CT molecular complexity index is 813. The highest BCUT2D eigenvalue weighted by atomic mass is 16.5. The minimum absolute atomic E-state index is 0.147. The van der Waals surface area contributed by atoms with Crippen LogP contribution in [0, 0.1) is 13.8 Å². The van der Waals surface area contributed by atoms with Gasteiger partial charge in [-0.2, -0.15) is 0 Å². The molecule has 0 saturated carbocycles. The second-order valence-corrected chi connectivity index (χ2v) is 8.98. The van der Waals surface area contributed by atoms with E-state index in [1.807, 2.05) is 0 Å². The lowest BCUT2D eigenvalue weighted by molar-refractivity contribution is -0.336. The summed E-state index contributed by atoms with van der Waals surface area (Å²) in [7, 11) is 0. The lowest BCUT2D eigenvalue weighted by Gasteiger charge is -2.40. The lowest BCUT2D eigenvalue weighted by Crippen LogP contribution is -2.53. The van der Waals surface area contributed by atoms with Crippen LogP contribution in [-0.2, 0) is 4.74 Å². The van der Waals surface area contributed by atoms with E-state index in [9.17, 15) is 0 Å². The minimum Gasteiger partial charge on any atom is -0.459 e. The Kier molecular flexibility index (Phi) is 3.76. The summed E-state index contributed by atoms with van der Waals surface area (Å²) in [5.41, 5.74) is 9.24. The van der Waals surface area contributed by atoms with E-state index in [0.29, 0.717) is 6.61 Å². The average Bonchev–Trinajstić information content (AvgIpc) is 2.87. The number of hydrogen-bond donors (Lipinski definition) is 0. The standard InChI is InChI=1S/C20H31BN2O/c1-13-10-15(3)22-18(13)17(12-24-20(5,6)7)19-14(2)11-16(4)23(19)21(22,8)9/h10-11H,12H2,1-9H3. The Labute approximate surface area is 146 Å². The molecule has 1 aromatic rings. The molecule has 24 heavy (non-hydrogen) atoms. The third-order valence-electron chi connectivity index (χ3n) is 5.32. The molecule has 0 amide bonds. The first-order chi connectivity index (χ1) is 10.9. The maximum Gasteiger partial charge on any atom is 0.372 e. The first-order valence-corrected chi connectivity index (χ1v) is 9.07. The van der Waals surface area contributed by atoms with Gasteiger partial charge in [0.25, 0.3) is 0 Å². The van der Waals surface area contributed by atoms with Crippen LogP contribution in [0.3, 0.4) is 0 Å². The van der Waals surface area contributed by atoms with Crippen molar-refractivity contribution in [3.05, 3.63) is 40.4 Å². The van der Waals surface area contributed by atoms with E-state index in [0.717, 1.165) is 0 Å². The molecule has 2 aliphatic rings. The molecular formula is C20H31BN2O. The Balaban J connectivity index is 2.30. The summed E-state index contributed by atoms with van der Waals surface area (Å²) in [6, 6.07) is 2.31. The first-order valence-electron chi connectivity index (χ1n) is 9.07. The van der Waals surface area contributed by atoms with Gasteiger partial charge in [-0.05, 0) is 58.9 Å². The smallest absolute Gasteiger partial charge is 0.372 e. The maximum absolute atomic E-state index is 6.22. The minimum atomic E-state index is -0.893. The Morgan fingerprint density at radius 3 is 2.33 bits per heavy atom. The van der Waals surface area contributed by atoms with E-state index in [1.54, 1.807) is 0 Å². The monoisotopic (exact) mass is 326 g/mol. The fourth-order valence-electron chi connectivity index (χ4n) is 4.68. The molecule has 130 valence electrons. The lowest BCUT2D eigenvalue weighted by atomic mass is 9.48. The summed E-state index contributed by atoms with van der Waals surface area (Å²) in [4.78, 5) is 0. The highest BCUT2D eigenvalue weighted by molar-refractivity contribution is 6.69. The number of aryl methyl sites for hydroxylation is 2. The van der Waals surface area contributed by atoms with Gasteiger partial charge in [-0.3, -0.25) is 0 Å². The van der Waals surface area contributed by atoms with Crippen LogP contribution in [0.4, 0.5) is 0 Å². The Hall–Kier alpha value is -1.55. The molecule has 0 fully saturated rings. The fourth-order valence-corrected chi connectivity index (χ4v) is 4.68. The van der Waals surface area contributed by atoms with E-state index in [-0.39, 0.29) is 5.60 Å². The van der Waals surface area contributed by atoms with Crippen molar-refractivity contribution >= 4 is 17.7 Å². The number of nitrogens with zero attached hydrogens (tertiary/aromatic N) is 2. The SMILES string of the molecule is CC1=CC(C)=[N+]2C1=C(COC(C)(C)C)c1c(C)cc(C)n1[B-]2(C)C. The normalized spacial score (nSPS) is 19.6. The van der Waals surface area contributed by atoms with Crippen LogP contribution in [0.15, 0.2) is 23.4 Å². The molecule has 0 radical (unpaired) electrons. The van der Waals surface area contributed by atoms with Crippen molar-refractivity contribution in [2.75, 3.05) is 6.61 Å². The fraction of sp³-hybridized carbons (Fsp3) is 0.550. The average molecular weight is 326 g/mol. The zero-order valence-corrected chi connectivity index (χ0v) is 16.7. The molecule has 0 N–H and O–H groups in total. The molecule has 0 aromatic carbocycles. The largest absolute Gasteiger partial charge is 0.459 e. The van der Waals surface area contributed by atoms with Crippen LogP contribution in [0.1, 0.15) is 51.6 Å². The molecule has 3 heterocycles. The van der Waals surface area contributed by atoms with Crippen molar-refractivity contribution in [2.24, 2.45) is 0 Å². The van der Waals surface area contributed by atoms with E-state index in [2.05, 4.69) is 83.2 Å². The zero-order chi connectivity index (χ0) is 18.0. The van der Waals surface area contributed by atoms with Crippen molar-refractivity contribution < 1.29 is 9.22 Å². The van der Waals surface area contributed by atoms with Gasteiger partial charge in [0.2, 0.25) is 0 Å². The summed E-state index contributed by atoms with van der Waals surface area (Å²) < 4.78 is 11.3. The van der Waals surface area contributed by atoms with Crippen molar-refractivity contribution in [1.82, 2.24) is 4.48 Å². The zero-order valence-electron chi connectivity index (χ0n) is 16.7. The molecule has 0 spiro atoms. The molecular weight excluding hydrogens is 295 g/mol. The molecule has 0 bridgehead atoms. The molecule has 2 aliphatic heterocycles. The molecule has 0 unspecified atom stereocenters. The second-order valence-electron chi connectivity index (χ2n) is 8.98. The van der Waals surface area contributed by atoms with E-state index < -0.39 is 6.42 Å². The predicted molar refractivity (Wildman–Crippen MR) is 104 cm³/mol. The Morgan fingerprint density at radius 1 is 1.12 bits per heavy atom. The highest BCUT2D eigenvalue weighted by Gasteiger charge is 2.45. The maximum atomic E-state index is 6.22. The van der Waals surface area contributed by atoms with Gasteiger partial charge in [0.1, 0.15) is 5.71 Å². The van der Waals surface area contributed by atoms with Gasteiger partial charge in [0.15, 0.2) is 5.70 Å². The summed E-state index contributed by atoms with van der Waals surface area (Å²) in [6.07, 6.45) is 1.42. The van der Waals surface area contributed by atoms with Gasteiger partial charge in [0.05, 0.1) is 17.8 Å². The van der Waals surface area contributed by atoms with E-state index in [4.69, 9.17) is 4.74 Å². The highest BCUT2D eigenvalue weighted by Crippen LogP contribution is 2.40. The van der Waals surface area contributed by atoms with Crippen LogP contribution < -0.4 is 0 Å². The summed E-state index contributed by atoms with van der Waals surface area (Å²) in [6.45, 7) is 20.6. The number of fused-ring (bicyclic) bond motifs is 2. The van der Waals surface area contributed by atoms with E-state index >= 15 is 0 Å². The molecule has 1 aromatic heterocycles.